The first-order valence-corrected chi connectivity index (χ1v) is 8.98. The van der Waals surface area contributed by atoms with Gasteiger partial charge in [0.1, 0.15) is 10.5 Å². The number of carboxylic acids is 1. The SMILES string of the molecule is Cc1cncc([C@H]2C[C@@](CC(C)C)(C(=O)O)N[C@H]2c2nccs2)n1. The van der Waals surface area contributed by atoms with Crippen LogP contribution in [0.2, 0.25) is 0 Å². The molecule has 3 heterocycles. The first-order valence-electron chi connectivity index (χ1n) is 8.10. The molecule has 3 rings (SSSR count). The van der Waals surface area contributed by atoms with E-state index in [-0.39, 0.29) is 17.9 Å². The van der Waals surface area contributed by atoms with Crippen LogP contribution in [0.5, 0.6) is 0 Å². The highest BCUT2D eigenvalue weighted by Crippen LogP contribution is 2.46. The minimum absolute atomic E-state index is 0.0570. The number of carbonyl (C=O) groups is 1. The van der Waals surface area contributed by atoms with Crippen LogP contribution < -0.4 is 5.32 Å². The summed E-state index contributed by atoms with van der Waals surface area (Å²) in [6.45, 7) is 5.99. The Balaban J connectivity index is 2.02. The molecule has 1 aliphatic rings. The van der Waals surface area contributed by atoms with Crippen LogP contribution in [0.1, 0.15) is 55.0 Å². The molecule has 0 unspecified atom stereocenters. The highest BCUT2D eigenvalue weighted by Gasteiger charge is 2.52. The molecule has 6 nitrogen and oxygen atoms in total. The van der Waals surface area contributed by atoms with Crippen LogP contribution in [-0.2, 0) is 4.79 Å². The molecule has 1 saturated heterocycles. The van der Waals surface area contributed by atoms with Crippen molar-refractivity contribution < 1.29 is 9.90 Å². The van der Waals surface area contributed by atoms with Crippen molar-refractivity contribution in [3.05, 3.63) is 40.4 Å². The Kier molecular flexibility index (Phi) is 4.64. The number of hydrogen-bond acceptors (Lipinski definition) is 6. The van der Waals surface area contributed by atoms with Crippen molar-refractivity contribution in [3.8, 4) is 0 Å². The van der Waals surface area contributed by atoms with Gasteiger partial charge in [0, 0.05) is 29.9 Å². The quantitative estimate of drug-likeness (QED) is 0.865. The van der Waals surface area contributed by atoms with Gasteiger partial charge >= 0.3 is 5.97 Å². The van der Waals surface area contributed by atoms with E-state index in [2.05, 4.69) is 20.3 Å². The van der Waals surface area contributed by atoms with Gasteiger partial charge in [0.15, 0.2) is 0 Å². The lowest BCUT2D eigenvalue weighted by molar-refractivity contribution is -0.145. The number of nitrogens with zero attached hydrogens (tertiary/aromatic N) is 3. The van der Waals surface area contributed by atoms with Gasteiger partial charge in [0.2, 0.25) is 0 Å². The number of aromatic nitrogens is 3. The average molecular weight is 346 g/mol. The minimum Gasteiger partial charge on any atom is -0.480 e. The minimum atomic E-state index is -0.958. The molecule has 0 bridgehead atoms. The monoisotopic (exact) mass is 346 g/mol. The number of carboxylic acid groups (broad SMARTS) is 1. The van der Waals surface area contributed by atoms with Crippen molar-refractivity contribution in [2.75, 3.05) is 0 Å². The summed E-state index contributed by atoms with van der Waals surface area (Å²) < 4.78 is 0. The molecular weight excluding hydrogens is 324 g/mol. The van der Waals surface area contributed by atoms with Crippen molar-refractivity contribution in [1.82, 2.24) is 20.3 Å². The Morgan fingerprint density at radius 2 is 2.29 bits per heavy atom. The summed E-state index contributed by atoms with van der Waals surface area (Å²) in [4.78, 5) is 25.4. The van der Waals surface area contributed by atoms with E-state index in [1.807, 2.05) is 26.2 Å². The highest BCUT2D eigenvalue weighted by atomic mass is 32.1. The Morgan fingerprint density at radius 3 is 2.88 bits per heavy atom. The Hall–Kier alpha value is -1.86. The van der Waals surface area contributed by atoms with Gasteiger partial charge in [-0.3, -0.25) is 20.1 Å². The van der Waals surface area contributed by atoms with E-state index in [1.54, 1.807) is 18.6 Å². The number of rotatable bonds is 5. The Labute approximate surface area is 145 Å². The van der Waals surface area contributed by atoms with Crippen molar-refractivity contribution in [2.24, 2.45) is 5.92 Å². The van der Waals surface area contributed by atoms with Crippen molar-refractivity contribution in [1.29, 1.82) is 0 Å². The van der Waals surface area contributed by atoms with E-state index < -0.39 is 11.5 Å². The summed E-state index contributed by atoms with van der Waals surface area (Å²) in [5, 5.41) is 16.1. The molecule has 0 amide bonds. The summed E-state index contributed by atoms with van der Waals surface area (Å²) in [6, 6.07) is -0.157. The van der Waals surface area contributed by atoms with E-state index >= 15 is 0 Å². The van der Waals surface area contributed by atoms with Crippen LogP contribution >= 0.6 is 11.3 Å². The molecule has 0 radical (unpaired) electrons. The van der Waals surface area contributed by atoms with Crippen molar-refractivity contribution in [2.45, 2.75) is 51.1 Å². The molecule has 2 aromatic rings. The van der Waals surface area contributed by atoms with E-state index in [4.69, 9.17) is 0 Å². The predicted octanol–water partition coefficient (Wildman–Crippen LogP) is 2.93. The van der Waals surface area contributed by atoms with Crippen LogP contribution in [0.25, 0.3) is 0 Å². The fourth-order valence-corrected chi connectivity index (χ4v) is 4.34. The number of thiazole rings is 1. The van der Waals surface area contributed by atoms with Gasteiger partial charge < -0.3 is 5.11 Å². The van der Waals surface area contributed by atoms with Crippen LogP contribution in [-0.4, -0.2) is 31.6 Å². The van der Waals surface area contributed by atoms with Crippen molar-refractivity contribution >= 4 is 17.3 Å². The molecule has 2 aromatic heterocycles. The third-order valence-corrected chi connectivity index (χ3v) is 5.30. The molecule has 1 aliphatic heterocycles. The fourth-order valence-electron chi connectivity index (χ4n) is 3.58. The topological polar surface area (TPSA) is 88.0 Å². The second kappa shape index (κ2) is 6.57. The predicted molar refractivity (Wildman–Crippen MR) is 91.9 cm³/mol. The summed E-state index contributed by atoms with van der Waals surface area (Å²) in [5.41, 5.74) is 0.706. The zero-order chi connectivity index (χ0) is 17.3. The summed E-state index contributed by atoms with van der Waals surface area (Å²) in [6.07, 6.45) is 6.27. The molecule has 0 aromatic carbocycles. The lowest BCUT2D eigenvalue weighted by Gasteiger charge is -2.27. The number of aryl methyl sites for hydroxylation is 1. The average Bonchev–Trinajstić information content (AvgIpc) is 3.14. The second-order valence-electron chi connectivity index (χ2n) is 6.87. The first-order chi connectivity index (χ1) is 11.4. The third-order valence-electron chi connectivity index (χ3n) is 4.44. The summed E-state index contributed by atoms with van der Waals surface area (Å²) in [5.74, 6) is -0.591. The summed E-state index contributed by atoms with van der Waals surface area (Å²) >= 11 is 1.54. The van der Waals surface area contributed by atoms with Gasteiger partial charge in [-0.05, 0) is 25.7 Å². The number of hydrogen-bond donors (Lipinski definition) is 2. The van der Waals surface area contributed by atoms with Gasteiger partial charge in [0.25, 0.3) is 0 Å². The molecular formula is C17H22N4O2S. The van der Waals surface area contributed by atoms with Gasteiger partial charge in [-0.2, -0.15) is 0 Å². The number of nitrogens with one attached hydrogen (secondary N) is 1. The summed E-state index contributed by atoms with van der Waals surface area (Å²) in [7, 11) is 0. The molecule has 2 N–H and O–H groups in total. The molecule has 0 saturated carbocycles. The van der Waals surface area contributed by atoms with E-state index in [1.165, 1.54) is 11.3 Å². The maximum Gasteiger partial charge on any atom is 0.323 e. The lowest BCUT2D eigenvalue weighted by atomic mass is 9.83. The normalized spacial score (nSPS) is 26.8. The first kappa shape index (κ1) is 17.0. The maximum atomic E-state index is 12.1. The second-order valence-corrected chi connectivity index (χ2v) is 7.80. The zero-order valence-electron chi connectivity index (χ0n) is 14.1. The third kappa shape index (κ3) is 3.18. The van der Waals surface area contributed by atoms with Crippen molar-refractivity contribution in [3.63, 3.8) is 0 Å². The molecule has 3 atom stereocenters. The number of aliphatic carboxylic acids is 1. The Bertz CT molecular complexity index is 719. The maximum absolute atomic E-state index is 12.1. The van der Waals surface area contributed by atoms with Crippen LogP contribution in [0, 0.1) is 12.8 Å². The van der Waals surface area contributed by atoms with E-state index in [0.717, 1.165) is 16.4 Å². The van der Waals surface area contributed by atoms with Gasteiger partial charge in [-0.1, -0.05) is 13.8 Å². The fraction of sp³-hybridized carbons (Fsp3) is 0.529. The standard InChI is InChI=1S/C17H22N4O2S/c1-10(2)6-17(16(22)23)7-12(13-9-18-8-11(3)20-13)14(21-17)15-19-4-5-24-15/h4-5,8-10,12,14,21H,6-7H2,1-3H3,(H,22,23)/t12-,14-,17+/m1/s1. The van der Waals surface area contributed by atoms with Gasteiger partial charge in [-0.25, -0.2) is 4.98 Å². The van der Waals surface area contributed by atoms with E-state index in [0.29, 0.717) is 12.8 Å². The molecule has 7 heteroatoms. The zero-order valence-corrected chi connectivity index (χ0v) is 14.9. The molecule has 128 valence electrons. The molecule has 0 aliphatic carbocycles. The van der Waals surface area contributed by atoms with Gasteiger partial charge in [-0.15, -0.1) is 11.3 Å². The molecule has 1 fully saturated rings. The smallest absolute Gasteiger partial charge is 0.323 e. The van der Waals surface area contributed by atoms with Gasteiger partial charge in [0.05, 0.1) is 17.4 Å². The molecule has 0 spiro atoms. The highest BCUT2D eigenvalue weighted by molar-refractivity contribution is 7.09. The Morgan fingerprint density at radius 1 is 1.50 bits per heavy atom. The van der Waals surface area contributed by atoms with Crippen LogP contribution in [0.4, 0.5) is 0 Å². The largest absolute Gasteiger partial charge is 0.480 e. The van der Waals surface area contributed by atoms with Crippen LogP contribution in [0.15, 0.2) is 24.0 Å². The lowest BCUT2D eigenvalue weighted by Crippen LogP contribution is -2.49. The van der Waals surface area contributed by atoms with E-state index in [9.17, 15) is 9.90 Å². The molecule has 24 heavy (non-hydrogen) atoms. The van der Waals surface area contributed by atoms with Crippen LogP contribution in [0.3, 0.4) is 0 Å².